The SMILES string of the molecule is CCCOc1ccc2c(c1)C(=NNc1ccccc1)c1cc(OCCC)ccc1-2. The van der Waals surface area contributed by atoms with E-state index in [0.717, 1.165) is 46.9 Å². The average Bonchev–Trinajstić information content (AvgIpc) is 3.07. The Morgan fingerprint density at radius 3 is 1.76 bits per heavy atom. The number of hydrogen-bond donors (Lipinski definition) is 1. The fourth-order valence-electron chi connectivity index (χ4n) is 3.43. The predicted molar refractivity (Wildman–Crippen MR) is 119 cm³/mol. The standard InChI is InChI=1S/C25H26N2O2/c1-3-14-28-19-10-12-21-22-13-11-20(29-15-4-2)17-24(22)25(23(21)16-19)27-26-18-8-6-5-7-9-18/h5-13,16-17,26H,3-4,14-15H2,1-2H3. The van der Waals surface area contributed by atoms with Crippen molar-refractivity contribution in [3.8, 4) is 22.6 Å². The number of fused-ring (bicyclic) bond motifs is 3. The van der Waals surface area contributed by atoms with Crippen LogP contribution in [-0.4, -0.2) is 18.9 Å². The van der Waals surface area contributed by atoms with Crippen molar-refractivity contribution in [2.45, 2.75) is 26.7 Å². The summed E-state index contributed by atoms with van der Waals surface area (Å²) in [6.45, 7) is 5.63. The molecule has 0 unspecified atom stereocenters. The van der Waals surface area contributed by atoms with E-state index in [9.17, 15) is 0 Å². The molecule has 0 spiro atoms. The van der Waals surface area contributed by atoms with Gasteiger partial charge in [0, 0.05) is 11.1 Å². The molecule has 1 N–H and O–H groups in total. The molecule has 0 amide bonds. The van der Waals surface area contributed by atoms with E-state index in [-0.39, 0.29) is 0 Å². The van der Waals surface area contributed by atoms with Gasteiger partial charge in [0.05, 0.1) is 24.6 Å². The summed E-state index contributed by atoms with van der Waals surface area (Å²) in [5, 5.41) is 4.77. The summed E-state index contributed by atoms with van der Waals surface area (Å²) in [5.41, 5.74) is 9.54. The largest absolute Gasteiger partial charge is 0.494 e. The van der Waals surface area contributed by atoms with Crippen molar-refractivity contribution in [2.75, 3.05) is 18.6 Å². The summed E-state index contributed by atoms with van der Waals surface area (Å²) in [4.78, 5) is 0. The molecule has 29 heavy (non-hydrogen) atoms. The lowest BCUT2D eigenvalue weighted by molar-refractivity contribution is 0.317. The van der Waals surface area contributed by atoms with E-state index in [1.807, 2.05) is 42.5 Å². The van der Waals surface area contributed by atoms with Gasteiger partial charge in [-0.15, -0.1) is 0 Å². The third-order valence-electron chi connectivity index (χ3n) is 4.80. The second-order valence-corrected chi connectivity index (χ2v) is 7.05. The molecule has 0 aromatic heterocycles. The molecule has 0 fully saturated rings. The van der Waals surface area contributed by atoms with Gasteiger partial charge >= 0.3 is 0 Å². The fraction of sp³-hybridized carbons (Fsp3) is 0.240. The minimum absolute atomic E-state index is 0.704. The van der Waals surface area contributed by atoms with Crippen LogP contribution in [0.25, 0.3) is 11.1 Å². The molecule has 0 saturated heterocycles. The zero-order valence-electron chi connectivity index (χ0n) is 16.9. The number of ether oxygens (including phenoxy) is 2. The van der Waals surface area contributed by atoms with E-state index in [1.54, 1.807) is 0 Å². The highest BCUT2D eigenvalue weighted by molar-refractivity contribution is 6.25. The number of nitrogens with zero attached hydrogens (tertiary/aromatic N) is 1. The Morgan fingerprint density at radius 2 is 1.24 bits per heavy atom. The average molecular weight is 386 g/mol. The van der Waals surface area contributed by atoms with Crippen LogP contribution in [0.1, 0.15) is 37.8 Å². The molecule has 148 valence electrons. The van der Waals surface area contributed by atoms with Crippen LogP contribution in [0.4, 0.5) is 5.69 Å². The molecule has 0 radical (unpaired) electrons. The molecule has 1 aliphatic carbocycles. The van der Waals surface area contributed by atoms with Gasteiger partial charge in [0.1, 0.15) is 11.5 Å². The first-order valence-electron chi connectivity index (χ1n) is 10.2. The number of nitrogens with one attached hydrogen (secondary N) is 1. The van der Waals surface area contributed by atoms with Crippen molar-refractivity contribution in [1.29, 1.82) is 0 Å². The minimum Gasteiger partial charge on any atom is -0.494 e. The van der Waals surface area contributed by atoms with Crippen LogP contribution >= 0.6 is 0 Å². The van der Waals surface area contributed by atoms with Gasteiger partial charge in [-0.3, -0.25) is 5.43 Å². The van der Waals surface area contributed by atoms with Crippen LogP contribution in [0.3, 0.4) is 0 Å². The van der Waals surface area contributed by atoms with Crippen molar-refractivity contribution in [3.05, 3.63) is 77.9 Å². The minimum atomic E-state index is 0.704. The maximum absolute atomic E-state index is 5.87. The lowest BCUT2D eigenvalue weighted by Gasteiger charge is -2.08. The summed E-state index contributed by atoms with van der Waals surface area (Å²) >= 11 is 0. The quantitative estimate of drug-likeness (QED) is 0.372. The number of hydrazone groups is 1. The van der Waals surface area contributed by atoms with Gasteiger partial charge in [-0.1, -0.05) is 32.0 Å². The van der Waals surface area contributed by atoms with E-state index >= 15 is 0 Å². The molecule has 3 aromatic rings. The van der Waals surface area contributed by atoms with Gasteiger partial charge in [-0.05, 0) is 72.5 Å². The van der Waals surface area contributed by atoms with Crippen LogP contribution in [0, 0.1) is 0 Å². The Bertz CT molecular complexity index is 953. The molecule has 4 rings (SSSR count). The molecule has 0 bridgehead atoms. The summed E-state index contributed by atoms with van der Waals surface area (Å²) < 4.78 is 11.7. The molecule has 1 aliphatic rings. The molecule has 4 heteroatoms. The highest BCUT2D eigenvalue weighted by atomic mass is 16.5. The molecule has 0 aliphatic heterocycles. The lowest BCUT2D eigenvalue weighted by Crippen LogP contribution is -2.04. The third kappa shape index (κ3) is 4.11. The van der Waals surface area contributed by atoms with E-state index < -0.39 is 0 Å². The van der Waals surface area contributed by atoms with Crippen LogP contribution in [0.15, 0.2) is 71.8 Å². The van der Waals surface area contributed by atoms with Gasteiger partial charge in [-0.25, -0.2) is 0 Å². The molecule has 4 nitrogen and oxygen atoms in total. The van der Waals surface area contributed by atoms with E-state index in [4.69, 9.17) is 14.6 Å². The summed E-state index contributed by atoms with van der Waals surface area (Å²) in [5.74, 6) is 1.74. The van der Waals surface area contributed by atoms with Gasteiger partial charge in [0.2, 0.25) is 0 Å². The van der Waals surface area contributed by atoms with Crippen molar-refractivity contribution >= 4 is 11.4 Å². The monoisotopic (exact) mass is 386 g/mol. The fourth-order valence-corrected chi connectivity index (χ4v) is 3.43. The van der Waals surface area contributed by atoms with Crippen LogP contribution in [-0.2, 0) is 0 Å². The first-order chi connectivity index (χ1) is 14.3. The van der Waals surface area contributed by atoms with Crippen LogP contribution in [0.5, 0.6) is 11.5 Å². The third-order valence-corrected chi connectivity index (χ3v) is 4.80. The Labute approximate surface area is 172 Å². The lowest BCUT2D eigenvalue weighted by atomic mass is 10.1. The maximum Gasteiger partial charge on any atom is 0.120 e. The highest BCUT2D eigenvalue weighted by Gasteiger charge is 2.26. The van der Waals surface area contributed by atoms with E-state index in [0.29, 0.717) is 13.2 Å². The van der Waals surface area contributed by atoms with Crippen LogP contribution < -0.4 is 14.9 Å². The Hall–Kier alpha value is -3.27. The Morgan fingerprint density at radius 1 is 0.690 bits per heavy atom. The first kappa shape index (κ1) is 19.1. The van der Waals surface area contributed by atoms with Gasteiger partial charge < -0.3 is 9.47 Å². The molecule has 0 heterocycles. The summed E-state index contributed by atoms with van der Waals surface area (Å²) in [6.07, 6.45) is 1.96. The second kappa shape index (κ2) is 8.82. The zero-order valence-corrected chi connectivity index (χ0v) is 16.9. The highest BCUT2D eigenvalue weighted by Crippen LogP contribution is 2.40. The van der Waals surface area contributed by atoms with Crippen LogP contribution in [0.2, 0.25) is 0 Å². The molecule has 0 atom stereocenters. The van der Waals surface area contributed by atoms with Gasteiger partial charge in [-0.2, -0.15) is 5.10 Å². The topological polar surface area (TPSA) is 42.8 Å². The predicted octanol–water partition coefficient (Wildman–Crippen LogP) is 6.11. The van der Waals surface area contributed by atoms with Gasteiger partial charge in [0.15, 0.2) is 0 Å². The smallest absolute Gasteiger partial charge is 0.120 e. The second-order valence-electron chi connectivity index (χ2n) is 7.05. The van der Waals surface area contributed by atoms with Crippen molar-refractivity contribution < 1.29 is 9.47 Å². The van der Waals surface area contributed by atoms with E-state index in [2.05, 4.69) is 43.5 Å². The first-order valence-corrected chi connectivity index (χ1v) is 10.2. The number of benzene rings is 3. The van der Waals surface area contributed by atoms with Crippen molar-refractivity contribution in [2.24, 2.45) is 5.10 Å². The molecular formula is C25H26N2O2. The molecule has 0 saturated carbocycles. The summed E-state index contributed by atoms with van der Waals surface area (Å²) in [6, 6.07) is 22.5. The number of rotatable bonds is 8. The number of hydrogen-bond acceptors (Lipinski definition) is 4. The van der Waals surface area contributed by atoms with Crippen molar-refractivity contribution in [3.63, 3.8) is 0 Å². The maximum atomic E-state index is 5.87. The number of para-hydroxylation sites is 1. The van der Waals surface area contributed by atoms with Crippen molar-refractivity contribution in [1.82, 2.24) is 0 Å². The number of anilines is 1. The molecular weight excluding hydrogens is 360 g/mol. The van der Waals surface area contributed by atoms with E-state index in [1.165, 1.54) is 11.1 Å². The van der Waals surface area contributed by atoms with Gasteiger partial charge in [0.25, 0.3) is 0 Å². The normalized spacial score (nSPS) is 11.6. The molecule has 3 aromatic carbocycles. The Balaban J connectivity index is 1.75. The zero-order chi connectivity index (χ0) is 20.1. The Kier molecular flexibility index (Phi) is 5.80. The summed E-state index contributed by atoms with van der Waals surface area (Å²) in [7, 11) is 0.